The van der Waals surface area contributed by atoms with Crippen LogP contribution < -0.4 is 16.6 Å². The van der Waals surface area contributed by atoms with E-state index in [1.54, 1.807) is 16.8 Å². The van der Waals surface area contributed by atoms with E-state index in [2.05, 4.69) is 20.4 Å². The summed E-state index contributed by atoms with van der Waals surface area (Å²) in [5.74, 6) is 0. The fourth-order valence-electron chi connectivity index (χ4n) is 2.03. The fourth-order valence-corrected chi connectivity index (χ4v) is 2.03. The first-order valence-corrected chi connectivity index (χ1v) is 6.13. The molecular formula is C13H14N6O. The second-order valence-electron chi connectivity index (χ2n) is 4.52. The van der Waals surface area contributed by atoms with E-state index in [1.807, 2.05) is 19.3 Å². The van der Waals surface area contributed by atoms with Crippen LogP contribution in [0.2, 0.25) is 0 Å². The third-order valence-electron chi connectivity index (χ3n) is 3.04. The molecule has 0 radical (unpaired) electrons. The molecule has 0 fully saturated rings. The van der Waals surface area contributed by atoms with Crippen molar-refractivity contribution >= 4 is 22.3 Å². The smallest absolute Gasteiger partial charge is 0.258 e. The van der Waals surface area contributed by atoms with Crippen molar-refractivity contribution in [1.82, 2.24) is 19.7 Å². The first kappa shape index (κ1) is 12.2. The standard InChI is InChI=1S/C13H14N6O/c1-19-3-2-8(18-19)6-15-12-5-11-9(4-10(12)14)13(20)17-7-16-11/h2-5,7,15H,6,14H2,1H3,(H,16,17,20). The van der Waals surface area contributed by atoms with Gasteiger partial charge in [0, 0.05) is 13.2 Å². The number of fused-ring (bicyclic) bond motifs is 1. The number of aromatic nitrogens is 4. The molecule has 0 aliphatic rings. The van der Waals surface area contributed by atoms with Crippen molar-refractivity contribution < 1.29 is 0 Å². The molecule has 2 heterocycles. The van der Waals surface area contributed by atoms with Crippen LogP contribution in [-0.4, -0.2) is 19.7 Å². The van der Waals surface area contributed by atoms with Crippen LogP contribution in [0.4, 0.5) is 11.4 Å². The van der Waals surface area contributed by atoms with Gasteiger partial charge in [-0.1, -0.05) is 0 Å². The summed E-state index contributed by atoms with van der Waals surface area (Å²) < 4.78 is 1.74. The molecule has 0 saturated carbocycles. The molecular weight excluding hydrogens is 256 g/mol. The van der Waals surface area contributed by atoms with Gasteiger partial charge in [0.25, 0.3) is 5.56 Å². The topological polar surface area (TPSA) is 102 Å². The van der Waals surface area contributed by atoms with E-state index in [1.165, 1.54) is 6.33 Å². The Balaban J connectivity index is 1.91. The maximum Gasteiger partial charge on any atom is 0.258 e. The van der Waals surface area contributed by atoms with E-state index in [4.69, 9.17) is 5.73 Å². The van der Waals surface area contributed by atoms with Crippen molar-refractivity contribution in [3.63, 3.8) is 0 Å². The Kier molecular flexibility index (Phi) is 2.86. The number of H-pyrrole nitrogens is 1. The molecule has 7 heteroatoms. The molecule has 20 heavy (non-hydrogen) atoms. The predicted octanol–water partition coefficient (Wildman–Crippen LogP) is 0.851. The molecule has 1 aromatic carbocycles. The second kappa shape index (κ2) is 4.69. The van der Waals surface area contributed by atoms with E-state index >= 15 is 0 Å². The number of nitrogens with one attached hydrogen (secondary N) is 2. The van der Waals surface area contributed by atoms with Gasteiger partial charge in [-0.05, 0) is 18.2 Å². The highest BCUT2D eigenvalue weighted by Crippen LogP contribution is 2.23. The van der Waals surface area contributed by atoms with Crippen LogP contribution in [0.5, 0.6) is 0 Å². The molecule has 102 valence electrons. The maximum absolute atomic E-state index is 11.6. The van der Waals surface area contributed by atoms with Crippen molar-refractivity contribution in [2.24, 2.45) is 7.05 Å². The quantitative estimate of drug-likeness (QED) is 0.612. The summed E-state index contributed by atoms with van der Waals surface area (Å²) in [6, 6.07) is 5.32. The summed E-state index contributed by atoms with van der Waals surface area (Å²) in [7, 11) is 1.87. The van der Waals surface area contributed by atoms with Gasteiger partial charge < -0.3 is 16.0 Å². The van der Waals surface area contributed by atoms with Gasteiger partial charge in [0.2, 0.25) is 0 Å². The summed E-state index contributed by atoms with van der Waals surface area (Å²) in [6.07, 6.45) is 3.26. The Morgan fingerprint density at radius 3 is 3.05 bits per heavy atom. The first-order chi connectivity index (χ1) is 9.63. The Morgan fingerprint density at radius 1 is 1.45 bits per heavy atom. The molecule has 0 bridgehead atoms. The third kappa shape index (κ3) is 2.20. The molecule has 0 aliphatic carbocycles. The summed E-state index contributed by atoms with van der Waals surface area (Å²) in [5.41, 5.74) is 8.52. The average molecular weight is 270 g/mol. The van der Waals surface area contributed by atoms with Crippen molar-refractivity contribution in [2.75, 3.05) is 11.1 Å². The largest absolute Gasteiger partial charge is 0.397 e. The van der Waals surface area contributed by atoms with Crippen molar-refractivity contribution in [2.45, 2.75) is 6.54 Å². The Bertz CT molecular complexity index is 819. The molecule has 4 N–H and O–H groups in total. The zero-order valence-corrected chi connectivity index (χ0v) is 10.9. The molecule has 2 aromatic heterocycles. The number of rotatable bonds is 3. The van der Waals surface area contributed by atoms with E-state index < -0.39 is 0 Å². The van der Waals surface area contributed by atoms with Crippen molar-refractivity contribution in [3.05, 3.63) is 46.8 Å². The minimum absolute atomic E-state index is 0.196. The number of nitrogens with two attached hydrogens (primary N) is 1. The molecule has 3 aromatic rings. The molecule has 0 atom stereocenters. The zero-order chi connectivity index (χ0) is 14.1. The number of benzene rings is 1. The summed E-state index contributed by atoms with van der Waals surface area (Å²) in [5, 5.41) is 7.96. The Hall–Kier alpha value is -2.83. The van der Waals surface area contributed by atoms with Crippen LogP contribution in [-0.2, 0) is 13.6 Å². The minimum Gasteiger partial charge on any atom is -0.397 e. The number of aromatic amines is 1. The predicted molar refractivity (Wildman–Crippen MR) is 77.3 cm³/mol. The lowest BCUT2D eigenvalue weighted by Crippen LogP contribution is -2.09. The highest BCUT2D eigenvalue weighted by Gasteiger charge is 2.06. The number of anilines is 2. The van der Waals surface area contributed by atoms with Gasteiger partial charge in [0.1, 0.15) is 0 Å². The van der Waals surface area contributed by atoms with E-state index in [9.17, 15) is 4.79 Å². The third-order valence-corrected chi connectivity index (χ3v) is 3.04. The van der Waals surface area contributed by atoms with E-state index in [0.29, 0.717) is 23.1 Å². The molecule has 3 rings (SSSR count). The van der Waals surface area contributed by atoms with Gasteiger partial charge in [-0.25, -0.2) is 4.98 Å². The van der Waals surface area contributed by atoms with Crippen LogP contribution >= 0.6 is 0 Å². The monoisotopic (exact) mass is 270 g/mol. The highest BCUT2D eigenvalue weighted by molar-refractivity contribution is 5.88. The fraction of sp³-hybridized carbons (Fsp3) is 0.154. The van der Waals surface area contributed by atoms with Gasteiger partial charge in [-0.3, -0.25) is 9.48 Å². The van der Waals surface area contributed by atoms with Gasteiger partial charge in [-0.15, -0.1) is 0 Å². The van der Waals surface area contributed by atoms with Crippen LogP contribution in [0.25, 0.3) is 10.9 Å². The SMILES string of the molecule is Cn1ccc(CNc2cc3nc[nH]c(=O)c3cc2N)n1. The number of nitrogen functional groups attached to an aromatic ring is 1. The number of hydrogen-bond acceptors (Lipinski definition) is 5. The van der Waals surface area contributed by atoms with Crippen molar-refractivity contribution in [3.8, 4) is 0 Å². The highest BCUT2D eigenvalue weighted by atomic mass is 16.1. The Morgan fingerprint density at radius 2 is 2.30 bits per heavy atom. The van der Waals surface area contributed by atoms with Crippen LogP contribution in [0.15, 0.2) is 35.5 Å². The molecule has 7 nitrogen and oxygen atoms in total. The second-order valence-corrected chi connectivity index (χ2v) is 4.52. The lowest BCUT2D eigenvalue weighted by Gasteiger charge is -2.09. The zero-order valence-electron chi connectivity index (χ0n) is 10.9. The summed E-state index contributed by atoms with van der Waals surface area (Å²) in [4.78, 5) is 18.3. The summed E-state index contributed by atoms with van der Waals surface area (Å²) >= 11 is 0. The molecule has 0 spiro atoms. The Labute approximate surface area is 114 Å². The normalized spacial score (nSPS) is 10.8. The molecule has 0 amide bonds. The van der Waals surface area contributed by atoms with E-state index in [0.717, 1.165) is 11.4 Å². The molecule has 0 aliphatic heterocycles. The maximum atomic E-state index is 11.6. The average Bonchev–Trinajstić information content (AvgIpc) is 2.83. The molecule has 0 unspecified atom stereocenters. The van der Waals surface area contributed by atoms with Gasteiger partial charge in [0.05, 0.1) is 40.8 Å². The van der Waals surface area contributed by atoms with Crippen LogP contribution in [0.1, 0.15) is 5.69 Å². The van der Waals surface area contributed by atoms with Crippen LogP contribution in [0, 0.1) is 0 Å². The number of aryl methyl sites for hydroxylation is 1. The minimum atomic E-state index is -0.196. The molecule has 0 saturated heterocycles. The van der Waals surface area contributed by atoms with Gasteiger partial charge in [0.15, 0.2) is 0 Å². The lowest BCUT2D eigenvalue weighted by molar-refractivity contribution is 0.747. The lowest BCUT2D eigenvalue weighted by atomic mass is 10.2. The first-order valence-electron chi connectivity index (χ1n) is 6.13. The van der Waals surface area contributed by atoms with Gasteiger partial charge in [-0.2, -0.15) is 5.10 Å². The number of hydrogen-bond donors (Lipinski definition) is 3. The van der Waals surface area contributed by atoms with Gasteiger partial charge >= 0.3 is 0 Å². The van der Waals surface area contributed by atoms with Crippen molar-refractivity contribution in [1.29, 1.82) is 0 Å². The summed E-state index contributed by atoms with van der Waals surface area (Å²) in [6.45, 7) is 0.555. The number of nitrogens with zero attached hydrogens (tertiary/aromatic N) is 3. The van der Waals surface area contributed by atoms with Crippen LogP contribution in [0.3, 0.4) is 0 Å². The van der Waals surface area contributed by atoms with E-state index in [-0.39, 0.29) is 5.56 Å².